The number of benzene rings is 1. The fraction of sp³-hybridized carbons (Fsp3) is 0.136. The molecule has 9 heteroatoms. The van der Waals surface area contributed by atoms with Crippen LogP contribution in [0.1, 0.15) is 11.1 Å². The number of thioether (sulfide) groups is 1. The second-order valence-corrected chi connectivity index (χ2v) is 8.15. The monoisotopic (exact) mass is 433 g/mol. The number of amides is 3. The molecule has 1 atom stereocenters. The molecule has 1 fully saturated rings. The van der Waals surface area contributed by atoms with E-state index in [-0.39, 0.29) is 17.1 Å². The Labute approximate surface area is 182 Å². The summed E-state index contributed by atoms with van der Waals surface area (Å²) in [4.78, 5) is 39.4. The molecule has 1 aliphatic heterocycles. The summed E-state index contributed by atoms with van der Waals surface area (Å²) in [5.74, 6) is -0.538. The van der Waals surface area contributed by atoms with Crippen molar-refractivity contribution < 1.29 is 14.4 Å². The summed E-state index contributed by atoms with van der Waals surface area (Å²) in [6.45, 7) is 0. The maximum absolute atomic E-state index is 12.4. The minimum Gasteiger partial charge on any atom is -0.323 e. The number of anilines is 1. The molecule has 0 saturated carbocycles. The van der Waals surface area contributed by atoms with Crippen molar-refractivity contribution in [3.8, 4) is 11.1 Å². The molecule has 0 aliphatic carbocycles. The summed E-state index contributed by atoms with van der Waals surface area (Å²) in [6, 6.07) is 9.08. The van der Waals surface area contributed by atoms with Crippen LogP contribution in [-0.4, -0.2) is 37.1 Å². The lowest BCUT2D eigenvalue weighted by Crippen LogP contribution is -2.25. The maximum atomic E-state index is 12.4. The van der Waals surface area contributed by atoms with Gasteiger partial charge in [0.2, 0.25) is 11.8 Å². The number of carbonyl (C=O) groups excluding carboxylic acids is 3. The third-order valence-corrected chi connectivity index (χ3v) is 5.67. The van der Waals surface area contributed by atoms with Crippen molar-refractivity contribution in [2.24, 2.45) is 7.05 Å². The zero-order valence-corrected chi connectivity index (χ0v) is 17.4. The normalized spacial score (nSPS) is 16.0. The van der Waals surface area contributed by atoms with Crippen molar-refractivity contribution in [1.29, 1.82) is 0 Å². The van der Waals surface area contributed by atoms with Crippen molar-refractivity contribution in [1.82, 2.24) is 20.1 Å². The molecule has 1 aliphatic rings. The first-order valence-electron chi connectivity index (χ1n) is 9.50. The van der Waals surface area contributed by atoms with E-state index in [4.69, 9.17) is 0 Å². The van der Waals surface area contributed by atoms with E-state index in [2.05, 4.69) is 20.7 Å². The largest absolute Gasteiger partial charge is 0.323 e. The van der Waals surface area contributed by atoms with Gasteiger partial charge in [-0.3, -0.25) is 29.4 Å². The van der Waals surface area contributed by atoms with Crippen LogP contribution in [-0.2, 0) is 23.1 Å². The van der Waals surface area contributed by atoms with Crippen LogP contribution in [0.2, 0.25) is 0 Å². The van der Waals surface area contributed by atoms with Crippen LogP contribution >= 0.6 is 11.8 Å². The molecule has 3 amide bonds. The second kappa shape index (κ2) is 8.97. The zero-order valence-electron chi connectivity index (χ0n) is 16.6. The quantitative estimate of drug-likeness (QED) is 0.579. The van der Waals surface area contributed by atoms with E-state index < -0.39 is 5.25 Å². The number of rotatable bonds is 6. The topological polar surface area (TPSA) is 106 Å². The predicted octanol–water partition coefficient (Wildman–Crippen LogP) is 3.03. The molecule has 8 nitrogen and oxygen atoms in total. The Morgan fingerprint density at radius 3 is 2.71 bits per heavy atom. The Kier molecular flexibility index (Phi) is 5.94. The third-order valence-electron chi connectivity index (χ3n) is 4.69. The van der Waals surface area contributed by atoms with Crippen LogP contribution in [0.3, 0.4) is 0 Å². The van der Waals surface area contributed by atoms with Crippen molar-refractivity contribution in [2.45, 2.75) is 11.7 Å². The molecule has 2 aromatic heterocycles. The molecule has 3 heterocycles. The van der Waals surface area contributed by atoms with Crippen LogP contribution in [0, 0.1) is 0 Å². The van der Waals surface area contributed by atoms with Crippen molar-refractivity contribution in [3.63, 3.8) is 0 Å². The van der Waals surface area contributed by atoms with Gasteiger partial charge in [-0.05, 0) is 41.8 Å². The van der Waals surface area contributed by atoms with Crippen molar-refractivity contribution in [3.05, 3.63) is 72.3 Å². The number of imide groups is 1. The highest BCUT2D eigenvalue weighted by Gasteiger charge is 2.31. The van der Waals surface area contributed by atoms with Gasteiger partial charge in [0.25, 0.3) is 5.24 Å². The Morgan fingerprint density at radius 1 is 1.23 bits per heavy atom. The average Bonchev–Trinajstić information content (AvgIpc) is 3.32. The lowest BCUT2D eigenvalue weighted by Gasteiger charge is -2.07. The molecule has 1 unspecified atom stereocenters. The summed E-state index contributed by atoms with van der Waals surface area (Å²) < 4.78 is 1.72. The fourth-order valence-corrected chi connectivity index (χ4v) is 4.04. The molecule has 0 spiro atoms. The Morgan fingerprint density at radius 2 is 2.03 bits per heavy atom. The average molecular weight is 433 g/mol. The summed E-state index contributed by atoms with van der Waals surface area (Å²) >= 11 is 1.000. The maximum Gasteiger partial charge on any atom is 0.286 e. The van der Waals surface area contributed by atoms with E-state index in [1.165, 1.54) is 6.08 Å². The molecule has 0 radical (unpaired) electrons. The van der Waals surface area contributed by atoms with Crippen LogP contribution in [0.15, 0.2) is 61.2 Å². The number of pyridine rings is 1. The van der Waals surface area contributed by atoms with Gasteiger partial charge in [-0.2, -0.15) is 5.10 Å². The van der Waals surface area contributed by atoms with Gasteiger partial charge >= 0.3 is 0 Å². The molecule has 1 aromatic carbocycles. The lowest BCUT2D eigenvalue weighted by molar-refractivity contribution is -0.119. The molecule has 0 bridgehead atoms. The van der Waals surface area contributed by atoms with Crippen molar-refractivity contribution in [2.75, 3.05) is 5.32 Å². The standard InChI is InChI=1S/C22H19N5O3S/c1-27-13-16(12-24-27)18-8-9-23-11-15(18)4-7-20(28)25-17-5-2-14(3-6-17)10-19-21(29)26-22(30)31-19/h2-9,11-13,19H,10H2,1H3,(H,25,28)(H,26,29,30). The number of carbonyl (C=O) groups is 3. The van der Waals surface area contributed by atoms with Gasteiger partial charge in [-0.1, -0.05) is 23.9 Å². The van der Waals surface area contributed by atoms with E-state index in [9.17, 15) is 14.4 Å². The second-order valence-electron chi connectivity index (χ2n) is 6.97. The SMILES string of the molecule is Cn1cc(-c2ccncc2C=CC(=O)Nc2ccc(CC3SC(=O)NC3=O)cc2)cn1. The van der Waals surface area contributed by atoms with Crippen LogP contribution in [0.4, 0.5) is 10.5 Å². The number of aromatic nitrogens is 3. The van der Waals surface area contributed by atoms with Gasteiger partial charge in [-0.25, -0.2) is 0 Å². The molecule has 3 aromatic rings. The van der Waals surface area contributed by atoms with Gasteiger partial charge in [0, 0.05) is 48.5 Å². The van der Waals surface area contributed by atoms with Gasteiger partial charge in [0.1, 0.15) is 0 Å². The first-order valence-corrected chi connectivity index (χ1v) is 10.4. The minimum atomic E-state index is -0.413. The van der Waals surface area contributed by atoms with E-state index in [1.807, 2.05) is 31.4 Å². The first kappa shape index (κ1) is 20.5. The fourth-order valence-electron chi connectivity index (χ4n) is 3.18. The summed E-state index contributed by atoms with van der Waals surface area (Å²) in [5, 5.41) is 8.55. The van der Waals surface area contributed by atoms with Gasteiger partial charge in [0.05, 0.1) is 11.4 Å². The van der Waals surface area contributed by atoms with Crippen molar-refractivity contribution >= 4 is 40.6 Å². The van der Waals surface area contributed by atoms with Gasteiger partial charge in [0.15, 0.2) is 0 Å². The van der Waals surface area contributed by atoms with Gasteiger partial charge < -0.3 is 5.32 Å². The Bertz CT molecular complexity index is 1170. The van der Waals surface area contributed by atoms with Crippen LogP contribution in [0.5, 0.6) is 0 Å². The molecular weight excluding hydrogens is 414 g/mol. The number of nitrogens with one attached hydrogen (secondary N) is 2. The van der Waals surface area contributed by atoms with E-state index in [1.54, 1.807) is 41.5 Å². The van der Waals surface area contributed by atoms with Crippen LogP contribution < -0.4 is 10.6 Å². The minimum absolute atomic E-state index is 0.265. The number of hydrogen-bond donors (Lipinski definition) is 2. The van der Waals surface area contributed by atoms with E-state index in [0.717, 1.165) is 34.0 Å². The van der Waals surface area contributed by atoms with E-state index in [0.29, 0.717) is 12.1 Å². The zero-order chi connectivity index (χ0) is 21.8. The Hall–Kier alpha value is -3.72. The number of nitrogens with zero attached hydrogens (tertiary/aromatic N) is 3. The predicted molar refractivity (Wildman–Crippen MR) is 119 cm³/mol. The lowest BCUT2D eigenvalue weighted by atomic mass is 10.0. The van der Waals surface area contributed by atoms with E-state index >= 15 is 0 Å². The molecule has 156 valence electrons. The summed E-state index contributed by atoms with van der Waals surface area (Å²) in [7, 11) is 1.85. The molecule has 2 N–H and O–H groups in total. The third kappa shape index (κ3) is 5.07. The summed E-state index contributed by atoms with van der Waals surface area (Å²) in [5.41, 5.74) is 4.23. The highest BCUT2D eigenvalue weighted by atomic mass is 32.2. The smallest absolute Gasteiger partial charge is 0.286 e. The summed E-state index contributed by atoms with van der Waals surface area (Å²) in [6.07, 6.45) is 10.7. The number of hydrogen-bond acceptors (Lipinski definition) is 6. The molecule has 1 saturated heterocycles. The Balaban J connectivity index is 1.39. The first-order chi connectivity index (χ1) is 15.0. The molecular formula is C22H19N5O3S. The molecule has 31 heavy (non-hydrogen) atoms. The highest BCUT2D eigenvalue weighted by Crippen LogP contribution is 2.24. The highest BCUT2D eigenvalue weighted by molar-refractivity contribution is 8.15. The van der Waals surface area contributed by atoms with Crippen LogP contribution in [0.25, 0.3) is 17.2 Å². The van der Waals surface area contributed by atoms with Gasteiger partial charge in [-0.15, -0.1) is 0 Å². The number of aryl methyl sites for hydroxylation is 1. The molecule has 4 rings (SSSR count).